The van der Waals surface area contributed by atoms with Gasteiger partial charge in [0.15, 0.2) is 0 Å². The van der Waals surface area contributed by atoms with Crippen molar-refractivity contribution in [1.82, 2.24) is 9.55 Å². The van der Waals surface area contributed by atoms with Gasteiger partial charge in [0, 0.05) is 25.4 Å². The maximum Gasteiger partial charge on any atom is 0.328 e. The average Bonchev–Trinajstić information content (AvgIpc) is 2.17. The monoisotopic (exact) mass is 199 g/mol. The van der Waals surface area contributed by atoms with Crippen molar-refractivity contribution < 1.29 is 4.74 Å². The summed E-state index contributed by atoms with van der Waals surface area (Å²) in [7, 11) is 1.54. The summed E-state index contributed by atoms with van der Waals surface area (Å²) in [4.78, 5) is 24.5. The molecule has 0 radical (unpaired) electrons. The molecule has 0 amide bonds. The SMILES string of the molecule is COCCn1cc(CN)c(=O)[nH]c1=O. The summed E-state index contributed by atoms with van der Waals surface area (Å²) in [6, 6.07) is 0. The first-order valence-electron chi connectivity index (χ1n) is 4.20. The zero-order valence-corrected chi connectivity index (χ0v) is 7.95. The minimum atomic E-state index is -0.441. The third-order valence-electron chi connectivity index (χ3n) is 1.84. The molecule has 0 aliphatic heterocycles. The van der Waals surface area contributed by atoms with Gasteiger partial charge in [-0.3, -0.25) is 14.3 Å². The number of nitrogens with zero attached hydrogens (tertiary/aromatic N) is 1. The number of aromatic amines is 1. The molecule has 0 aliphatic carbocycles. The van der Waals surface area contributed by atoms with E-state index in [1.54, 1.807) is 7.11 Å². The number of nitrogens with one attached hydrogen (secondary N) is 1. The minimum Gasteiger partial charge on any atom is -0.383 e. The zero-order valence-electron chi connectivity index (χ0n) is 7.95. The molecule has 6 heteroatoms. The van der Waals surface area contributed by atoms with Gasteiger partial charge in [-0.25, -0.2) is 4.79 Å². The van der Waals surface area contributed by atoms with Crippen molar-refractivity contribution in [2.24, 2.45) is 5.73 Å². The van der Waals surface area contributed by atoms with Gasteiger partial charge in [-0.2, -0.15) is 0 Å². The lowest BCUT2D eigenvalue weighted by Crippen LogP contribution is -2.33. The van der Waals surface area contributed by atoms with Gasteiger partial charge in [0.1, 0.15) is 0 Å². The quantitative estimate of drug-likeness (QED) is 0.626. The standard InChI is InChI=1S/C8H13N3O3/c1-14-3-2-11-5-6(4-9)7(12)10-8(11)13/h5H,2-4,9H2,1H3,(H,10,12,13). The van der Waals surface area contributed by atoms with Crippen LogP contribution >= 0.6 is 0 Å². The van der Waals surface area contributed by atoms with Crippen molar-refractivity contribution >= 4 is 0 Å². The highest BCUT2D eigenvalue weighted by Crippen LogP contribution is 1.85. The smallest absolute Gasteiger partial charge is 0.328 e. The lowest BCUT2D eigenvalue weighted by atomic mass is 10.3. The van der Waals surface area contributed by atoms with E-state index in [2.05, 4.69) is 4.98 Å². The Hall–Kier alpha value is -1.40. The Morgan fingerprint density at radius 1 is 1.57 bits per heavy atom. The highest BCUT2D eigenvalue weighted by Gasteiger charge is 2.02. The summed E-state index contributed by atoms with van der Waals surface area (Å²) in [5, 5.41) is 0. The number of rotatable bonds is 4. The second-order valence-corrected chi connectivity index (χ2v) is 2.80. The lowest BCUT2D eigenvalue weighted by molar-refractivity contribution is 0.185. The molecule has 0 fully saturated rings. The Bertz CT molecular complexity index is 407. The van der Waals surface area contributed by atoms with E-state index < -0.39 is 11.2 Å². The van der Waals surface area contributed by atoms with Gasteiger partial charge in [0.05, 0.1) is 13.2 Å². The number of ether oxygens (including phenoxy) is 1. The molecule has 1 aromatic rings. The molecule has 0 unspecified atom stereocenters. The number of H-pyrrole nitrogens is 1. The lowest BCUT2D eigenvalue weighted by Gasteiger charge is -2.05. The maximum absolute atomic E-state index is 11.2. The summed E-state index contributed by atoms with van der Waals surface area (Å²) in [6.07, 6.45) is 1.46. The summed E-state index contributed by atoms with van der Waals surface area (Å²) >= 11 is 0. The Labute approximate surface area is 80.3 Å². The molecule has 0 spiro atoms. The molecule has 1 rings (SSSR count). The molecule has 0 aromatic carbocycles. The van der Waals surface area contributed by atoms with Crippen molar-refractivity contribution in [3.05, 3.63) is 32.6 Å². The molecule has 0 saturated heterocycles. The van der Waals surface area contributed by atoms with Crippen LogP contribution in [0.15, 0.2) is 15.8 Å². The predicted molar refractivity (Wildman–Crippen MR) is 51.1 cm³/mol. The van der Waals surface area contributed by atoms with E-state index in [9.17, 15) is 9.59 Å². The third-order valence-corrected chi connectivity index (χ3v) is 1.84. The second-order valence-electron chi connectivity index (χ2n) is 2.80. The first kappa shape index (κ1) is 10.7. The number of nitrogens with two attached hydrogens (primary N) is 1. The normalized spacial score (nSPS) is 10.4. The van der Waals surface area contributed by atoms with Crippen LogP contribution in [-0.2, 0) is 17.8 Å². The number of hydrogen-bond donors (Lipinski definition) is 2. The molecular weight excluding hydrogens is 186 g/mol. The van der Waals surface area contributed by atoms with E-state index in [1.807, 2.05) is 0 Å². The fourth-order valence-corrected chi connectivity index (χ4v) is 1.06. The molecule has 14 heavy (non-hydrogen) atoms. The maximum atomic E-state index is 11.2. The number of methoxy groups -OCH3 is 1. The minimum absolute atomic E-state index is 0.114. The first-order valence-corrected chi connectivity index (χ1v) is 4.20. The topological polar surface area (TPSA) is 90.1 Å². The van der Waals surface area contributed by atoms with E-state index in [-0.39, 0.29) is 6.54 Å². The predicted octanol–water partition coefficient (Wildman–Crippen LogP) is -1.36. The summed E-state index contributed by atoms with van der Waals surface area (Å²) in [5.74, 6) is 0. The van der Waals surface area contributed by atoms with Gasteiger partial charge < -0.3 is 10.5 Å². The zero-order chi connectivity index (χ0) is 10.6. The van der Waals surface area contributed by atoms with Gasteiger partial charge in [-0.1, -0.05) is 0 Å². The number of hydrogen-bond acceptors (Lipinski definition) is 4. The van der Waals surface area contributed by atoms with Gasteiger partial charge in [-0.05, 0) is 0 Å². The van der Waals surface area contributed by atoms with Crippen molar-refractivity contribution in [3.63, 3.8) is 0 Å². The van der Waals surface area contributed by atoms with E-state index in [4.69, 9.17) is 10.5 Å². The molecular formula is C8H13N3O3. The van der Waals surface area contributed by atoms with Crippen molar-refractivity contribution in [2.75, 3.05) is 13.7 Å². The Morgan fingerprint density at radius 2 is 2.29 bits per heavy atom. The molecule has 1 aromatic heterocycles. The van der Waals surface area contributed by atoms with Gasteiger partial charge in [-0.15, -0.1) is 0 Å². The van der Waals surface area contributed by atoms with Gasteiger partial charge >= 0.3 is 5.69 Å². The summed E-state index contributed by atoms with van der Waals surface area (Å²) in [6.45, 7) is 0.928. The molecule has 1 heterocycles. The molecule has 6 nitrogen and oxygen atoms in total. The molecule has 3 N–H and O–H groups in total. The van der Waals surface area contributed by atoms with E-state index >= 15 is 0 Å². The fraction of sp³-hybridized carbons (Fsp3) is 0.500. The molecule has 0 saturated carbocycles. The van der Waals surface area contributed by atoms with Crippen LogP contribution in [-0.4, -0.2) is 23.3 Å². The fourth-order valence-electron chi connectivity index (χ4n) is 1.06. The van der Waals surface area contributed by atoms with Crippen LogP contribution in [0.2, 0.25) is 0 Å². The van der Waals surface area contributed by atoms with Crippen LogP contribution in [0.1, 0.15) is 5.56 Å². The van der Waals surface area contributed by atoms with E-state index in [0.29, 0.717) is 18.7 Å². The highest BCUT2D eigenvalue weighted by molar-refractivity contribution is 5.03. The molecule has 0 atom stereocenters. The third kappa shape index (κ3) is 2.30. The van der Waals surface area contributed by atoms with Gasteiger partial charge in [0.2, 0.25) is 0 Å². The van der Waals surface area contributed by atoms with Crippen LogP contribution in [0, 0.1) is 0 Å². The van der Waals surface area contributed by atoms with Crippen LogP contribution in [0.5, 0.6) is 0 Å². The highest BCUT2D eigenvalue weighted by atomic mass is 16.5. The Kier molecular flexibility index (Phi) is 3.61. The van der Waals surface area contributed by atoms with Crippen molar-refractivity contribution in [1.29, 1.82) is 0 Å². The van der Waals surface area contributed by atoms with Crippen molar-refractivity contribution in [3.8, 4) is 0 Å². The van der Waals surface area contributed by atoms with E-state index in [0.717, 1.165) is 0 Å². The average molecular weight is 199 g/mol. The van der Waals surface area contributed by atoms with Crippen LogP contribution < -0.4 is 17.0 Å². The molecule has 78 valence electrons. The first-order chi connectivity index (χ1) is 6.69. The second kappa shape index (κ2) is 4.73. The van der Waals surface area contributed by atoms with Crippen LogP contribution in [0.3, 0.4) is 0 Å². The van der Waals surface area contributed by atoms with Crippen LogP contribution in [0.25, 0.3) is 0 Å². The van der Waals surface area contributed by atoms with E-state index in [1.165, 1.54) is 10.8 Å². The number of aromatic nitrogens is 2. The molecule has 0 aliphatic rings. The Balaban J connectivity index is 3.05. The van der Waals surface area contributed by atoms with Crippen molar-refractivity contribution in [2.45, 2.75) is 13.1 Å². The summed E-state index contributed by atoms with van der Waals surface area (Å²) in [5.41, 5.74) is 4.86. The Morgan fingerprint density at radius 3 is 2.86 bits per heavy atom. The molecule has 0 bridgehead atoms. The van der Waals surface area contributed by atoms with Crippen LogP contribution in [0.4, 0.5) is 0 Å². The largest absolute Gasteiger partial charge is 0.383 e. The van der Waals surface area contributed by atoms with Gasteiger partial charge in [0.25, 0.3) is 5.56 Å². The summed E-state index contributed by atoms with van der Waals surface area (Å²) < 4.78 is 6.19.